The second kappa shape index (κ2) is 12.4. The Morgan fingerprint density at radius 1 is 0.933 bits per heavy atom. The number of fused-ring (bicyclic) bond motifs is 1. The highest BCUT2D eigenvalue weighted by molar-refractivity contribution is 5.90. The Morgan fingerprint density at radius 2 is 1.53 bits per heavy atom. The minimum Gasteiger partial charge on any atom is -0.458 e. The van der Waals surface area contributed by atoms with E-state index in [1.165, 1.54) is 20.8 Å². The molecule has 0 aromatic heterocycles. The number of benzene rings is 1. The van der Waals surface area contributed by atoms with E-state index in [0.717, 1.165) is 0 Å². The minimum atomic E-state index is -2.02. The van der Waals surface area contributed by atoms with Crippen molar-refractivity contribution in [2.75, 3.05) is 13.2 Å². The Kier molecular flexibility index (Phi) is 9.64. The number of esters is 3. The summed E-state index contributed by atoms with van der Waals surface area (Å²) in [5.74, 6) is -5.25. The summed E-state index contributed by atoms with van der Waals surface area (Å²) < 4.78 is 31.2. The van der Waals surface area contributed by atoms with Crippen LogP contribution in [0.3, 0.4) is 0 Å². The van der Waals surface area contributed by atoms with E-state index in [0.29, 0.717) is 0 Å². The molecule has 1 aromatic rings. The second-order valence-corrected chi connectivity index (χ2v) is 14.3. The van der Waals surface area contributed by atoms with Crippen LogP contribution in [0.1, 0.15) is 79.1 Å². The first kappa shape index (κ1) is 35.0. The molecular formula is C34H48O11. The number of carbonyl (C=O) groups is 4. The van der Waals surface area contributed by atoms with Gasteiger partial charge in [0.15, 0.2) is 6.10 Å². The Morgan fingerprint density at radius 3 is 2.07 bits per heavy atom. The summed E-state index contributed by atoms with van der Waals surface area (Å²) in [4.78, 5) is 53.6. The molecule has 250 valence electrons. The van der Waals surface area contributed by atoms with Crippen LogP contribution in [0.2, 0.25) is 0 Å². The normalized spacial score (nSPS) is 36.7. The summed E-state index contributed by atoms with van der Waals surface area (Å²) in [6.07, 6.45) is -6.01. The number of ether oxygens (including phenoxy) is 5. The summed E-state index contributed by atoms with van der Waals surface area (Å²) >= 11 is 0. The van der Waals surface area contributed by atoms with Gasteiger partial charge in [0.25, 0.3) is 0 Å². The summed E-state index contributed by atoms with van der Waals surface area (Å²) in [6.45, 7) is 14.3. The van der Waals surface area contributed by atoms with Crippen molar-refractivity contribution in [2.45, 2.75) is 110 Å². The van der Waals surface area contributed by atoms with Gasteiger partial charge in [0.05, 0.1) is 35.4 Å². The number of Topliss-reactive ketones (excluding diaryl/α,β-unsaturated/α-hetero) is 1. The van der Waals surface area contributed by atoms with Crippen molar-refractivity contribution in [2.24, 2.45) is 29.1 Å². The van der Waals surface area contributed by atoms with Crippen LogP contribution in [-0.2, 0) is 38.1 Å². The molecule has 1 spiro atoms. The van der Waals surface area contributed by atoms with Crippen molar-refractivity contribution < 1.29 is 53.1 Å². The Bertz CT molecular complexity index is 1290. The van der Waals surface area contributed by atoms with Crippen LogP contribution < -0.4 is 0 Å². The highest BCUT2D eigenvalue weighted by Gasteiger charge is 2.87. The largest absolute Gasteiger partial charge is 0.458 e. The smallest absolute Gasteiger partial charge is 0.338 e. The third kappa shape index (κ3) is 5.70. The monoisotopic (exact) mass is 632 g/mol. The fourth-order valence-corrected chi connectivity index (χ4v) is 8.24. The van der Waals surface area contributed by atoms with E-state index in [-0.39, 0.29) is 36.9 Å². The van der Waals surface area contributed by atoms with Crippen molar-refractivity contribution in [3.63, 3.8) is 0 Å². The summed E-state index contributed by atoms with van der Waals surface area (Å²) in [5.41, 5.74) is -6.98. The Hall–Kier alpha value is -2.86. The van der Waals surface area contributed by atoms with Gasteiger partial charge in [0, 0.05) is 38.7 Å². The quantitative estimate of drug-likeness (QED) is 0.288. The third-order valence-corrected chi connectivity index (χ3v) is 9.68. The average Bonchev–Trinajstić information content (AvgIpc) is 3.10. The molecule has 4 rings (SSSR count). The van der Waals surface area contributed by atoms with E-state index in [2.05, 4.69) is 0 Å². The molecule has 1 heterocycles. The van der Waals surface area contributed by atoms with Crippen molar-refractivity contribution in [3.8, 4) is 0 Å². The van der Waals surface area contributed by atoms with Gasteiger partial charge in [-0.15, -0.1) is 0 Å². The molecule has 11 heteroatoms. The standard InChI is InChI=1S/C34H48O11/c1-18(2)16-41-17-33-28(43-21(6)36)23(42-20(5)35)15-32(9,40)34(33)27(38)25(31(7,8)45-34)24(26(37)19(3)4)29(33)44-30(39)22-13-11-10-12-14-22/h10-14,18-19,23-25,27-29,38,40H,15-17H2,1-9H3/t23-,24+,25+,27+,28-,29+,32-,33-,34-/m0/s1. The van der Waals surface area contributed by atoms with Crippen molar-refractivity contribution >= 4 is 23.7 Å². The van der Waals surface area contributed by atoms with Crippen LogP contribution in [0.15, 0.2) is 30.3 Å². The number of ketones is 1. The molecule has 45 heavy (non-hydrogen) atoms. The molecule has 3 fully saturated rings. The lowest BCUT2D eigenvalue weighted by molar-refractivity contribution is -0.361. The molecule has 1 saturated heterocycles. The van der Waals surface area contributed by atoms with Crippen LogP contribution >= 0.6 is 0 Å². The zero-order valence-electron chi connectivity index (χ0n) is 27.7. The van der Waals surface area contributed by atoms with Crippen LogP contribution in [-0.4, -0.2) is 88.3 Å². The molecule has 0 unspecified atom stereocenters. The summed E-state index contributed by atoms with van der Waals surface area (Å²) in [6, 6.07) is 8.20. The van der Waals surface area contributed by atoms with Gasteiger partial charge >= 0.3 is 17.9 Å². The van der Waals surface area contributed by atoms with Gasteiger partial charge in [-0.05, 0) is 38.8 Å². The molecule has 2 saturated carbocycles. The number of carbonyl (C=O) groups excluding carboxylic acids is 4. The van der Waals surface area contributed by atoms with E-state index in [9.17, 15) is 29.4 Å². The first-order valence-electron chi connectivity index (χ1n) is 15.7. The van der Waals surface area contributed by atoms with Gasteiger partial charge < -0.3 is 33.9 Å². The molecule has 11 nitrogen and oxygen atoms in total. The van der Waals surface area contributed by atoms with Gasteiger partial charge in [0.1, 0.15) is 29.0 Å². The fraction of sp³-hybridized carbons (Fsp3) is 0.706. The highest BCUT2D eigenvalue weighted by atomic mass is 16.6. The highest BCUT2D eigenvalue weighted by Crippen LogP contribution is 2.70. The molecule has 0 radical (unpaired) electrons. The maximum Gasteiger partial charge on any atom is 0.338 e. The van der Waals surface area contributed by atoms with E-state index >= 15 is 0 Å². The maximum atomic E-state index is 14.3. The molecule has 0 amide bonds. The average molecular weight is 633 g/mol. The zero-order chi connectivity index (χ0) is 33.7. The van der Waals surface area contributed by atoms with Crippen LogP contribution in [0.5, 0.6) is 0 Å². The lowest BCUT2D eigenvalue weighted by atomic mass is 9.43. The van der Waals surface area contributed by atoms with E-state index in [1.807, 2.05) is 13.8 Å². The topological polar surface area (TPSA) is 155 Å². The first-order chi connectivity index (χ1) is 20.8. The van der Waals surface area contributed by atoms with Gasteiger partial charge in [-0.25, -0.2) is 4.79 Å². The van der Waals surface area contributed by atoms with Gasteiger partial charge in [-0.1, -0.05) is 45.9 Å². The predicted molar refractivity (Wildman–Crippen MR) is 161 cm³/mol. The summed E-state index contributed by atoms with van der Waals surface area (Å²) in [5, 5.41) is 24.9. The van der Waals surface area contributed by atoms with Gasteiger partial charge in [-0.3, -0.25) is 14.4 Å². The molecule has 2 aliphatic carbocycles. The number of aliphatic hydroxyl groups is 2. The molecule has 1 aromatic carbocycles. The van der Waals surface area contributed by atoms with Crippen LogP contribution in [0, 0.1) is 29.1 Å². The van der Waals surface area contributed by atoms with Gasteiger partial charge in [0.2, 0.25) is 0 Å². The van der Waals surface area contributed by atoms with Gasteiger partial charge in [-0.2, -0.15) is 0 Å². The number of rotatable bonds is 10. The Labute approximate surface area is 264 Å². The van der Waals surface area contributed by atoms with E-state index in [4.69, 9.17) is 23.7 Å². The molecule has 3 aliphatic rings. The Balaban J connectivity index is 2.13. The number of hydrogen-bond acceptors (Lipinski definition) is 11. The lowest BCUT2D eigenvalue weighted by Crippen LogP contribution is -2.85. The maximum absolute atomic E-state index is 14.3. The van der Waals surface area contributed by atoms with E-state index < -0.39 is 82.3 Å². The SMILES string of the molecule is CC(=O)O[C@H]1C[C@](C)(O)[C@]23OC(C)(C)[C@H]([C@H](C(=O)C(C)C)[C@@H](OC(=O)c4ccccc4)[C@]2(COCC(C)C)[C@H]1OC(C)=O)[C@H]3O. The summed E-state index contributed by atoms with van der Waals surface area (Å²) in [7, 11) is 0. The minimum absolute atomic E-state index is 0.0264. The fourth-order valence-electron chi connectivity index (χ4n) is 8.24. The lowest BCUT2D eigenvalue weighted by Gasteiger charge is -2.66. The number of aliphatic hydroxyl groups excluding tert-OH is 1. The van der Waals surface area contributed by atoms with Crippen molar-refractivity contribution in [3.05, 3.63) is 35.9 Å². The molecule has 1 aliphatic heterocycles. The zero-order valence-corrected chi connectivity index (χ0v) is 27.7. The molecule has 2 bridgehead atoms. The second-order valence-electron chi connectivity index (χ2n) is 14.3. The van der Waals surface area contributed by atoms with Crippen molar-refractivity contribution in [1.29, 1.82) is 0 Å². The van der Waals surface area contributed by atoms with E-state index in [1.54, 1.807) is 58.0 Å². The number of hydrogen-bond donors (Lipinski definition) is 2. The molecule has 9 atom stereocenters. The predicted octanol–water partition coefficient (Wildman–Crippen LogP) is 3.27. The first-order valence-corrected chi connectivity index (χ1v) is 15.7. The van der Waals surface area contributed by atoms with Crippen LogP contribution in [0.25, 0.3) is 0 Å². The van der Waals surface area contributed by atoms with Crippen molar-refractivity contribution in [1.82, 2.24) is 0 Å². The van der Waals surface area contributed by atoms with Crippen LogP contribution in [0.4, 0.5) is 0 Å². The third-order valence-electron chi connectivity index (χ3n) is 9.68. The molecule has 2 N–H and O–H groups in total. The molecular weight excluding hydrogens is 584 g/mol.